The fourth-order valence-electron chi connectivity index (χ4n) is 5.32. The van der Waals surface area contributed by atoms with Crippen LogP contribution in [0.1, 0.15) is 79.4 Å². The predicted octanol–water partition coefficient (Wildman–Crippen LogP) is 4.06. The van der Waals surface area contributed by atoms with Crippen LogP contribution in [0.2, 0.25) is 0 Å². The summed E-state index contributed by atoms with van der Waals surface area (Å²) < 4.78 is 32.0. The van der Waals surface area contributed by atoms with Gasteiger partial charge in [-0.2, -0.15) is 5.01 Å². The lowest BCUT2D eigenvalue weighted by Gasteiger charge is -2.44. The number of rotatable bonds is 19. The molecule has 0 unspecified atom stereocenters. The number of phosphoric ester groups is 2. The van der Waals surface area contributed by atoms with Crippen LogP contribution in [0.4, 0.5) is 0 Å². The predicted molar refractivity (Wildman–Crippen MR) is 176 cm³/mol. The van der Waals surface area contributed by atoms with Crippen LogP contribution in [0.25, 0.3) is 0 Å². The normalized spacial score (nSPS) is 14.0. The molecule has 0 aromatic heterocycles. The summed E-state index contributed by atoms with van der Waals surface area (Å²) in [6, 6.07) is 8.61. The Hall–Kier alpha value is -1.21. The Balaban J connectivity index is 2.82. The summed E-state index contributed by atoms with van der Waals surface area (Å²) >= 11 is 0. The highest BCUT2D eigenvalue weighted by molar-refractivity contribution is 7.46. The number of hydrogen-bond acceptors (Lipinski definition) is 7. The molecule has 0 spiro atoms. The van der Waals surface area contributed by atoms with Crippen LogP contribution < -0.4 is 5.32 Å². The summed E-state index contributed by atoms with van der Waals surface area (Å²) in [7, 11) is -2.97. The largest absolute Gasteiger partial charge is 0.469 e. The van der Waals surface area contributed by atoms with E-state index in [-0.39, 0.29) is 17.9 Å². The van der Waals surface area contributed by atoms with Gasteiger partial charge in [0.1, 0.15) is 6.54 Å². The molecule has 0 saturated heterocycles. The molecule has 0 aliphatic heterocycles. The summed E-state index contributed by atoms with van der Waals surface area (Å²) in [6.07, 6.45) is 1.58. The third kappa shape index (κ3) is 16.4. The number of carbonyl (C=O) groups excluding carboxylic acids is 1. The first kappa shape index (κ1) is 41.8. The molecule has 45 heavy (non-hydrogen) atoms. The summed E-state index contributed by atoms with van der Waals surface area (Å²) in [5.74, 6) is -0.696. The zero-order chi connectivity index (χ0) is 35.1. The van der Waals surface area contributed by atoms with E-state index in [2.05, 4.69) is 99.4 Å². The van der Waals surface area contributed by atoms with Gasteiger partial charge in [-0.1, -0.05) is 24.3 Å². The number of amides is 1. The molecule has 0 bridgehead atoms. The van der Waals surface area contributed by atoms with Crippen molar-refractivity contribution in [3.63, 3.8) is 0 Å². The molecule has 0 atom stereocenters. The van der Waals surface area contributed by atoms with E-state index >= 15 is 0 Å². The van der Waals surface area contributed by atoms with Crippen molar-refractivity contribution in [1.82, 2.24) is 15.2 Å². The van der Waals surface area contributed by atoms with Gasteiger partial charge in [-0.25, -0.2) is 13.7 Å². The molecular formula is C30H59N4O9P2+. The summed E-state index contributed by atoms with van der Waals surface area (Å²) in [5, 5.41) is 5.72. The zero-order valence-corrected chi connectivity index (χ0v) is 30.9. The van der Waals surface area contributed by atoms with Gasteiger partial charge in [0.05, 0.1) is 32.8 Å². The first-order chi connectivity index (χ1) is 20.1. The molecule has 15 heteroatoms. The lowest BCUT2D eigenvalue weighted by Crippen LogP contribution is -2.59. The maximum Gasteiger partial charge on any atom is 0.469 e. The number of phosphoric acid groups is 2. The molecule has 13 nitrogen and oxygen atoms in total. The Labute approximate surface area is 270 Å². The second-order valence-corrected chi connectivity index (χ2v) is 17.2. The van der Waals surface area contributed by atoms with Crippen molar-refractivity contribution >= 4 is 21.6 Å². The van der Waals surface area contributed by atoms with E-state index in [4.69, 9.17) is 19.6 Å². The molecule has 0 radical (unpaired) electrons. The average Bonchev–Trinajstić information content (AvgIpc) is 2.83. The van der Waals surface area contributed by atoms with Crippen molar-refractivity contribution in [2.45, 2.75) is 97.8 Å². The smallest absolute Gasteiger partial charge is 0.337 e. The Morgan fingerprint density at radius 1 is 0.911 bits per heavy atom. The van der Waals surface area contributed by atoms with Crippen molar-refractivity contribution in [2.24, 2.45) is 5.92 Å². The van der Waals surface area contributed by atoms with E-state index in [0.29, 0.717) is 25.9 Å². The quantitative estimate of drug-likeness (QED) is 0.0811. The van der Waals surface area contributed by atoms with Crippen molar-refractivity contribution in [3.05, 3.63) is 35.4 Å². The molecule has 262 valence electrons. The van der Waals surface area contributed by atoms with Gasteiger partial charge in [0.25, 0.3) is 0 Å². The molecule has 0 aliphatic carbocycles. The number of nitrogens with zero attached hydrogens (tertiary/aromatic N) is 3. The fourth-order valence-corrected chi connectivity index (χ4v) is 6.13. The molecule has 5 N–H and O–H groups in total. The highest BCUT2D eigenvalue weighted by Crippen LogP contribution is 2.39. The number of hydrogen-bond donors (Lipinski definition) is 5. The molecule has 0 fully saturated rings. The first-order valence-corrected chi connectivity index (χ1v) is 18.3. The van der Waals surface area contributed by atoms with Gasteiger partial charge in [-0.15, -0.1) is 0 Å². The van der Waals surface area contributed by atoms with Gasteiger partial charge in [-0.3, -0.25) is 13.8 Å². The fraction of sp³-hybridized carbons (Fsp3) is 0.767. The van der Waals surface area contributed by atoms with Crippen molar-refractivity contribution in [2.75, 3.05) is 47.4 Å². The SMILES string of the molecule is CC(=O)N(CCC(C)(C)NCCC(COP(=O)(O)O)COP(=O)(O)O)C(C)(C)Cc1ccc(C[N+](C)(C)N(C)C(C)(C)C)cc1. The highest BCUT2D eigenvalue weighted by atomic mass is 31.2. The minimum absolute atomic E-state index is 0.0269. The van der Waals surface area contributed by atoms with Gasteiger partial charge >= 0.3 is 15.6 Å². The summed E-state index contributed by atoms with van der Waals surface area (Å²) in [6.45, 7) is 17.1. The molecule has 0 heterocycles. The Bertz CT molecular complexity index is 1150. The van der Waals surface area contributed by atoms with Crippen LogP contribution in [-0.2, 0) is 35.9 Å². The maximum absolute atomic E-state index is 12.8. The van der Waals surface area contributed by atoms with E-state index in [0.717, 1.165) is 16.7 Å². The molecular weight excluding hydrogens is 622 g/mol. The van der Waals surface area contributed by atoms with Crippen LogP contribution in [0.3, 0.4) is 0 Å². The van der Waals surface area contributed by atoms with Crippen LogP contribution >= 0.6 is 15.6 Å². The lowest BCUT2D eigenvalue weighted by atomic mass is 9.90. The second-order valence-electron chi connectivity index (χ2n) is 14.7. The highest BCUT2D eigenvalue weighted by Gasteiger charge is 2.33. The third-order valence-corrected chi connectivity index (χ3v) is 9.17. The molecule has 1 amide bonds. The minimum Gasteiger partial charge on any atom is -0.337 e. The number of carbonyl (C=O) groups is 1. The third-order valence-electron chi connectivity index (χ3n) is 8.20. The molecule has 1 aromatic carbocycles. The number of benzene rings is 1. The van der Waals surface area contributed by atoms with Crippen LogP contribution in [0, 0.1) is 5.92 Å². The molecule has 0 aliphatic rings. The number of quaternary nitrogens is 1. The van der Waals surface area contributed by atoms with E-state index in [9.17, 15) is 13.9 Å². The van der Waals surface area contributed by atoms with Crippen LogP contribution in [0.5, 0.6) is 0 Å². The summed E-state index contributed by atoms with van der Waals surface area (Å²) in [5.41, 5.74) is 1.54. The van der Waals surface area contributed by atoms with E-state index in [1.165, 1.54) is 5.56 Å². The lowest BCUT2D eigenvalue weighted by molar-refractivity contribution is -1.02. The van der Waals surface area contributed by atoms with E-state index in [1.807, 2.05) is 18.7 Å². The maximum atomic E-state index is 12.8. The monoisotopic (exact) mass is 681 g/mol. The second kappa shape index (κ2) is 16.3. The average molecular weight is 682 g/mol. The Morgan fingerprint density at radius 3 is 1.80 bits per heavy atom. The van der Waals surface area contributed by atoms with Gasteiger partial charge < -0.3 is 29.8 Å². The standard InChI is InChI=1S/C30H58N4O9P2/c1-24(35)33(19-17-29(5,6)31-18-16-27(22-42-44(36,37)38)23-43-45(39,40)41)30(7,8)20-25-12-14-26(15-13-25)21-34(10,11)32(9)28(2,3)4/h12-15,27,31H,16-23H2,1-11H3,(H3-,36,37,38,39,40,41)/p+1. The van der Waals surface area contributed by atoms with E-state index < -0.39 is 45.9 Å². The van der Waals surface area contributed by atoms with Gasteiger partial charge in [-0.05, 0) is 79.8 Å². The first-order valence-electron chi connectivity index (χ1n) is 15.2. The van der Waals surface area contributed by atoms with Gasteiger partial charge in [0.15, 0.2) is 0 Å². The number of nitrogens with one attached hydrogen (secondary N) is 1. The Morgan fingerprint density at radius 2 is 1.38 bits per heavy atom. The molecule has 1 rings (SSSR count). The summed E-state index contributed by atoms with van der Waals surface area (Å²) in [4.78, 5) is 50.7. The topological polar surface area (TPSA) is 169 Å². The van der Waals surface area contributed by atoms with Crippen molar-refractivity contribution < 1.29 is 47.1 Å². The minimum atomic E-state index is -4.75. The Kier molecular flexibility index (Phi) is 15.1. The zero-order valence-electron chi connectivity index (χ0n) is 29.1. The van der Waals surface area contributed by atoms with Crippen LogP contribution in [-0.4, -0.2) is 104 Å². The van der Waals surface area contributed by atoms with E-state index in [1.54, 1.807) is 6.92 Å². The van der Waals surface area contributed by atoms with Gasteiger partial charge in [0.2, 0.25) is 5.91 Å². The van der Waals surface area contributed by atoms with Gasteiger partial charge in [0, 0.05) is 43.1 Å². The van der Waals surface area contributed by atoms with Crippen molar-refractivity contribution in [3.8, 4) is 0 Å². The van der Waals surface area contributed by atoms with Crippen LogP contribution in [0.15, 0.2) is 24.3 Å². The molecule has 1 aromatic rings. The molecule has 0 saturated carbocycles. The van der Waals surface area contributed by atoms with Crippen molar-refractivity contribution in [1.29, 1.82) is 0 Å².